The summed E-state index contributed by atoms with van der Waals surface area (Å²) >= 11 is 13.9. The second kappa shape index (κ2) is 13.9. The zero-order valence-electron chi connectivity index (χ0n) is 22.2. The topological polar surface area (TPSA) is 58.6 Å². The van der Waals surface area contributed by atoms with Gasteiger partial charge in [-0.2, -0.15) is 0 Å². The first-order chi connectivity index (χ1) is 18.1. The van der Waals surface area contributed by atoms with Crippen LogP contribution in [0.2, 0.25) is 10.0 Å². The van der Waals surface area contributed by atoms with Crippen LogP contribution in [0.25, 0.3) is 0 Å². The van der Waals surface area contributed by atoms with Crippen LogP contribution in [0.15, 0.2) is 72.8 Å². The van der Waals surface area contributed by atoms with Crippen molar-refractivity contribution in [1.82, 2.24) is 10.2 Å². The lowest BCUT2D eigenvalue weighted by Crippen LogP contribution is -2.54. The van der Waals surface area contributed by atoms with E-state index in [4.69, 9.17) is 27.9 Å². The van der Waals surface area contributed by atoms with E-state index in [1.54, 1.807) is 24.1 Å². The van der Waals surface area contributed by atoms with Crippen molar-refractivity contribution in [2.75, 3.05) is 12.9 Å². The van der Waals surface area contributed by atoms with Crippen molar-refractivity contribution in [1.29, 1.82) is 0 Å². The number of rotatable bonds is 11. The molecule has 0 aliphatic heterocycles. The van der Waals surface area contributed by atoms with Gasteiger partial charge in [0.1, 0.15) is 11.8 Å². The highest BCUT2D eigenvalue weighted by atomic mass is 35.5. The summed E-state index contributed by atoms with van der Waals surface area (Å²) in [5.74, 6) is 1.35. The fourth-order valence-electron chi connectivity index (χ4n) is 3.90. The molecule has 202 valence electrons. The molecule has 38 heavy (non-hydrogen) atoms. The van der Waals surface area contributed by atoms with E-state index in [0.29, 0.717) is 22.2 Å². The summed E-state index contributed by atoms with van der Waals surface area (Å²) in [6.45, 7) is 6.02. The maximum atomic E-state index is 13.7. The lowest BCUT2D eigenvalue weighted by Gasteiger charge is -2.34. The number of carbonyl (C=O) groups excluding carboxylic acids is 2. The normalized spacial score (nSPS) is 12.1. The Morgan fingerprint density at radius 2 is 1.58 bits per heavy atom. The van der Waals surface area contributed by atoms with Crippen molar-refractivity contribution in [2.45, 2.75) is 51.1 Å². The molecule has 0 saturated carbocycles. The number of ether oxygens (including phenoxy) is 1. The Labute approximate surface area is 239 Å². The van der Waals surface area contributed by atoms with Gasteiger partial charge < -0.3 is 15.0 Å². The van der Waals surface area contributed by atoms with E-state index in [1.807, 2.05) is 81.4 Å². The predicted molar refractivity (Wildman–Crippen MR) is 158 cm³/mol. The largest absolute Gasteiger partial charge is 0.497 e. The molecule has 1 atom stereocenters. The van der Waals surface area contributed by atoms with Crippen LogP contribution in [0.4, 0.5) is 0 Å². The Hall–Kier alpha value is -2.67. The third kappa shape index (κ3) is 9.26. The molecular formula is C30H34Cl2N2O3S. The van der Waals surface area contributed by atoms with Crippen LogP contribution in [-0.4, -0.2) is 41.2 Å². The molecule has 0 fully saturated rings. The summed E-state index contributed by atoms with van der Waals surface area (Å²) in [6.07, 6.45) is 0.388. The van der Waals surface area contributed by atoms with E-state index in [9.17, 15) is 9.59 Å². The highest BCUT2D eigenvalue weighted by Gasteiger charge is 2.32. The van der Waals surface area contributed by atoms with Crippen LogP contribution < -0.4 is 10.1 Å². The van der Waals surface area contributed by atoms with Gasteiger partial charge in [0, 0.05) is 24.3 Å². The average molecular weight is 574 g/mol. The van der Waals surface area contributed by atoms with Crippen LogP contribution in [0.5, 0.6) is 5.75 Å². The first kappa shape index (κ1) is 29.9. The van der Waals surface area contributed by atoms with Gasteiger partial charge in [-0.15, -0.1) is 11.8 Å². The Kier molecular flexibility index (Phi) is 11.0. The first-order valence-electron chi connectivity index (χ1n) is 12.4. The van der Waals surface area contributed by atoms with E-state index < -0.39 is 11.6 Å². The minimum Gasteiger partial charge on any atom is -0.497 e. The minimum absolute atomic E-state index is 0.125. The van der Waals surface area contributed by atoms with E-state index in [1.165, 1.54) is 11.8 Å². The standard InChI is InChI=1S/C30H34Cl2N2O3S/c1-30(2,3)33-29(36)27(17-21-8-6-5-7-9-21)34(18-23-12-15-25(31)26(32)16-23)28(35)20-38-19-22-10-13-24(37-4)14-11-22/h5-16,27H,17-20H2,1-4H3,(H,33,36). The monoisotopic (exact) mass is 572 g/mol. The first-order valence-corrected chi connectivity index (χ1v) is 14.3. The molecule has 3 aromatic rings. The molecule has 0 saturated heterocycles. The molecule has 5 nitrogen and oxygen atoms in total. The number of methoxy groups -OCH3 is 1. The molecule has 3 rings (SSSR count). The molecule has 8 heteroatoms. The van der Waals surface area contributed by atoms with Crippen molar-refractivity contribution in [2.24, 2.45) is 0 Å². The average Bonchev–Trinajstić information content (AvgIpc) is 2.88. The van der Waals surface area contributed by atoms with E-state index in [-0.39, 0.29) is 24.1 Å². The Morgan fingerprint density at radius 1 is 0.921 bits per heavy atom. The number of nitrogens with zero attached hydrogens (tertiary/aromatic N) is 1. The second-order valence-electron chi connectivity index (χ2n) is 10.1. The van der Waals surface area contributed by atoms with Gasteiger partial charge in [0.2, 0.25) is 11.8 Å². The molecule has 3 aromatic carbocycles. The molecule has 1 N–H and O–H groups in total. The predicted octanol–water partition coefficient (Wildman–Crippen LogP) is 6.79. The molecule has 2 amide bonds. The number of carbonyl (C=O) groups is 2. The van der Waals surface area contributed by atoms with Crippen molar-refractivity contribution in [3.05, 3.63) is 99.5 Å². The van der Waals surface area contributed by atoms with Crippen LogP contribution in [-0.2, 0) is 28.3 Å². The smallest absolute Gasteiger partial charge is 0.243 e. The quantitative estimate of drug-likeness (QED) is 0.275. The van der Waals surface area contributed by atoms with Gasteiger partial charge in [0.25, 0.3) is 0 Å². The van der Waals surface area contributed by atoms with Gasteiger partial charge in [0.05, 0.1) is 22.9 Å². The molecule has 0 radical (unpaired) electrons. The lowest BCUT2D eigenvalue weighted by atomic mass is 10.0. The van der Waals surface area contributed by atoms with E-state index >= 15 is 0 Å². The van der Waals surface area contributed by atoms with E-state index in [0.717, 1.165) is 22.4 Å². The van der Waals surface area contributed by atoms with Gasteiger partial charge in [-0.25, -0.2) is 0 Å². The van der Waals surface area contributed by atoms with Crippen molar-refractivity contribution >= 4 is 46.8 Å². The summed E-state index contributed by atoms with van der Waals surface area (Å²) in [5.41, 5.74) is 2.41. The molecule has 0 aliphatic carbocycles. The van der Waals surface area contributed by atoms with Gasteiger partial charge in [-0.3, -0.25) is 9.59 Å². The zero-order chi connectivity index (χ0) is 27.7. The molecule has 1 unspecified atom stereocenters. The van der Waals surface area contributed by atoms with Gasteiger partial charge in [0.15, 0.2) is 0 Å². The number of thioether (sulfide) groups is 1. The molecule has 0 spiro atoms. The summed E-state index contributed by atoms with van der Waals surface area (Å²) in [6, 6.07) is 22.1. The lowest BCUT2D eigenvalue weighted by molar-refractivity contribution is -0.140. The van der Waals surface area contributed by atoms with Crippen molar-refractivity contribution in [3.63, 3.8) is 0 Å². The maximum absolute atomic E-state index is 13.7. The van der Waals surface area contributed by atoms with Gasteiger partial charge in [-0.05, 0) is 61.7 Å². The molecule has 0 heterocycles. The van der Waals surface area contributed by atoms with Crippen LogP contribution in [0.1, 0.15) is 37.5 Å². The number of nitrogens with one attached hydrogen (secondary N) is 1. The van der Waals surface area contributed by atoms with Crippen molar-refractivity contribution < 1.29 is 14.3 Å². The maximum Gasteiger partial charge on any atom is 0.243 e. The third-order valence-electron chi connectivity index (χ3n) is 5.76. The minimum atomic E-state index is -0.708. The molecule has 0 aliphatic rings. The van der Waals surface area contributed by atoms with Crippen molar-refractivity contribution in [3.8, 4) is 5.75 Å². The Balaban J connectivity index is 1.87. The number of amides is 2. The number of halogens is 2. The van der Waals surface area contributed by atoms with Gasteiger partial charge >= 0.3 is 0 Å². The fraction of sp³-hybridized carbons (Fsp3) is 0.333. The second-order valence-corrected chi connectivity index (χ2v) is 11.9. The molecule has 0 bridgehead atoms. The Bertz CT molecular complexity index is 1210. The zero-order valence-corrected chi connectivity index (χ0v) is 24.5. The third-order valence-corrected chi connectivity index (χ3v) is 7.49. The van der Waals surface area contributed by atoms with Crippen LogP contribution in [0, 0.1) is 0 Å². The SMILES string of the molecule is COc1ccc(CSCC(=O)N(Cc2ccc(Cl)c(Cl)c2)C(Cc2ccccc2)C(=O)NC(C)(C)C)cc1. The summed E-state index contributed by atoms with van der Waals surface area (Å²) in [7, 11) is 1.63. The number of hydrogen-bond acceptors (Lipinski definition) is 4. The number of hydrogen-bond donors (Lipinski definition) is 1. The number of benzene rings is 3. The van der Waals surface area contributed by atoms with E-state index in [2.05, 4.69) is 5.32 Å². The summed E-state index contributed by atoms with van der Waals surface area (Å²) in [5, 5.41) is 3.92. The van der Waals surface area contributed by atoms with Gasteiger partial charge in [-0.1, -0.05) is 71.7 Å². The van der Waals surface area contributed by atoms with Crippen LogP contribution >= 0.6 is 35.0 Å². The molecule has 0 aromatic heterocycles. The van der Waals surface area contributed by atoms with Crippen LogP contribution in [0.3, 0.4) is 0 Å². The summed E-state index contributed by atoms with van der Waals surface area (Å²) in [4.78, 5) is 29.0. The Morgan fingerprint density at radius 3 is 2.18 bits per heavy atom. The summed E-state index contributed by atoms with van der Waals surface area (Å²) < 4.78 is 5.22. The highest BCUT2D eigenvalue weighted by Crippen LogP contribution is 2.25. The fourth-order valence-corrected chi connectivity index (χ4v) is 5.09. The molecular weight excluding hydrogens is 539 g/mol. The highest BCUT2D eigenvalue weighted by molar-refractivity contribution is 7.99.